The lowest BCUT2D eigenvalue weighted by atomic mass is 10.2. The van der Waals surface area contributed by atoms with Crippen LogP contribution in [0.15, 0.2) is 30.3 Å². The highest BCUT2D eigenvalue weighted by Gasteiger charge is 2.23. The van der Waals surface area contributed by atoms with Crippen molar-refractivity contribution in [2.24, 2.45) is 0 Å². The Morgan fingerprint density at radius 1 is 1.24 bits per heavy atom. The standard InChI is InChI=1S/C14H20N2O5/c1-10(2)21-16-14(18)12(8-13(17)15-19)20-9-11-6-4-3-5-7-11/h3-7,10,12,19H,8-9H2,1-2H3,(H,15,17)(H,16,18). The van der Waals surface area contributed by atoms with E-state index in [1.54, 1.807) is 13.8 Å². The Hall–Kier alpha value is -1.96. The molecule has 0 saturated carbocycles. The molecule has 0 radical (unpaired) electrons. The number of ether oxygens (including phenoxy) is 1. The predicted octanol–water partition coefficient (Wildman–Crippen LogP) is 0.924. The van der Waals surface area contributed by atoms with E-state index in [0.29, 0.717) is 0 Å². The van der Waals surface area contributed by atoms with Gasteiger partial charge in [0.2, 0.25) is 5.91 Å². The topological polar surface area (TPSA) is 96.9 Å². The molecule has 3 N–H and O–H groups in total. The van der Waals surface area contributed by atoms with Gasteiger partial charge in [0.25, 0.3) is 5.91 Å². The Morgan fingerprint density at radius 2 is 1.90 bits per heavy atom. The molecule has 0 heterocycles. The van der Waals surface area contributed by atoms with Gasteiger partial charge in [0.1, 0.15) is 6.10 Å². The maximum Gasteiger partial charge on any atom is 0.273 e. The van der Waals surface area contributed by atoms with Gasteiger partial charge in [-0.2, -0.15) is 0 Å². The average Bonchev–Trinajstić information content (AvgIpc) is 2.49. The lowest BCUT2D eigenvalue weighted by Gasteiger charge is -2.17. The lowest BCUT2D eigenvalue weighted by Crippen LogP contribution is -2.40. The first-order chi connectivity index (χ1) is 10.0. The maximum atomic E-state index is 11.9. The second-order valence-electron chi connectivity index (χ2n) is 4.66. The molecule has 1 aromatic rings. The SMILES string of the molecule is CC(C)ONC(=O)C(CC(=O)NO)OCc1ccccc1. The summed E-state index contributed by atoms with van der Waals surface area (Å²) in [7, 11) is 0. The summed E-state index contributed by atoms with van der Waals surface area (Å²) in [6.07, 6.45) is -1.57. The fraction of sp³-hybridized carbons (Fsp3) is 0.429. The van der Waals surface area contributed by atoms with Gasteiger partial charge in [0, 0.05) is 0 Å². The van der Waals surface area contributed by atoms with Crippen molar-refractivity contribution >= 4 is 11.8 Å². The van der Waals surface area contributed by atoms with E-state index in [9.17, 15) is 9.59 Å². The van der Waals surface area contributed by atoms with Gasteiger partial charge in [-0.25, -0.2) is 11.0 Å². The van der Waals surface area contributed by atoms with Gasteiger partial charge in [-0.15, -0.1) is 0 Å². The first kappa shape index (κ1) is 17.1. The Labute approximate surface area is 123 Å². The van der Waals surface area contributed by atoms with Crippen LogP contribution in [0.2, 0.25) is 0 Å². The molecule has 7 nitrogen and oxygen atoms in total. The molecular formula is C14H20N2O5. The highest BCUT2D eigenvalue weighted by Crippen LogP contribution is 2.07. The van der Waals surface area contributed by atoms with E-state index in [1.165, 1.54) is 5.48 Å². The van der Waals surface area contributed by atoms with Gasteiger partial charge in [-0.05, 0) is 19.4 Å². The lowest BCUT2D eigenvalue weighted by molar-refractivity contribution is -0.153. The molecule has 1 rings (SSSR count). The van der Waals surface area contributed by atoms with Crippen molar-refractivity contribution in [3.05, 3.63) is 35.9 Å². The normalized spacial score (nSPS) is 12.0. The molecule has 0 aliphatic heterocycles. The molecule has 1 atom stereocenters. The minimum atomic E-state index is -1.06. The van der Waals surface area contributed by atoms with Gasteiger partial charge < -0.3 is 4.74 Å². The number of amides is 2. The largest absolute Gasteiger partial charge is 0.363 e. The highest BCUT2D eigenvalue weighted by molar-refractivity contribution is 5.86. The van der Waals surface area contributed by atoms with Gasteiger partial charge in [0.15, 0.2) is 0 Å². The van der Waals surface area contributed by atoms with Crippen molar-refractivity contribution in [1.29, 1.82) is 0 Å². The van der Waals surface area contributed by atoms with Crippen LogP contribution < -0.4 is 11.0 Å². The van der Waals surface area contributed by atoms with Crippen molar-refractivity contribution in [2.75, 3.05) is 0 Å². The third-order valence-electron chi connectivity index (χ3n) is 2.48. The second kappa shape index (κ2) is 9.06. The van der Waals surface area contributed by atoms with E-state index in [4.69, 9.17) is 14.8 Å². The molecular weight excluding hydrogens is 276 g/mol. The number of nitrogens with one attached hydrogen (secondary N) is 2. The molecule has 7 heteroatoms. The minimum Gasteiger partial charge on any atom is -0.363 e. The molecule has 1 aromatic carbocycles. The van der Waals surface area contributed by atoms with E-state index < -0.39 is 17.9 Å². The van der Waals surface area contributed by atoms with Gasteiger partial charge in [-0.3, -0.25) is 19.6 Å². The number of hydrogen-bond donors (Lipinski definition) is 3. The van der Waals surface area contributed by atoms with E-state index >= 15 is 0 Å². The molecule has 0 aromatic heterocycles. The van der Waals surface area contributed by atoms with Crippen LogP contribution in [0.25, 0.3) is 0 Å². The fourth-order valence-corrected chi connectivity index (χ4v) is 1.45. The van der Waals surface area contributed by atoms with E-state index in [0.717, 1.165) is 5.56 Å². The van der Waals surface area contributed by atoms with Crippen molar-refractivity contribution in [3.8, 4) is 0 Å². The molecule has 2 amide bonds. The Morgan fingerprint density at radius 3 is 2.48 bits per heavy atom. The van der Waals surface area contributed by atoms with Gasteiger partial charge in [0.05, 0.1) is 19.1 Å². The molecule has 21 heavy (non-hydrogen) atoms. The summed E-state index contributed by atoms with van der Waals surface area (Å²) in [5, 5.41) is 8.55. The number of rotatable bonds is 8. The van der Waals surface area contributed by atoms with Crippen molar-refractivity contribution < 1.29 is 24.4 Å². The fourth-order valence-electron chi connectivity index (χ4n) is 1.45. The van der Waals surface area contributed by atoms with E-state index in [2.05, 4.69) is 5.48 Å². The van der Waals surface area contributed by atoms with E-state index in [1.807, 2.05) is 30.3 Å². The Bertz CT molecular complexity index is 450. The van der Waals surface area contributed by atoms with Gasteiger partial charge in [-0.1, -0.05) is 30.3 Å². The maximum absolute atomic E-state index is 11.9. The zero-order valence-electron chi connectivity index (χ0n) is 12.0. The summed E-state index contributed by atoms with van der Waals surface area (Å²) in [6.45, 7) is 3.67. The van der Waals surface area contributed by atoms with Crippen LogP contribution >= 0.6 is 0 Å². The van der Waals surface area contributed by atoms with Crippen LogP contribution in [0.5, 0.6) is 0 Å². The van der Waals surface area contributed by atoms with Crippen LogP contribution in [-0.4, -0.2) is 29.2 Å². The predicted molar refractivity (Wildman–Crippen MR) is 73.9 cm³/mol. The Kier molecular flexibility index (Phi) is 7.38. The van der Waals surface area contributed by atoms with Crippen LogP contribution in [0.4, 0.5) is 0 Å². The summed E-state index contributed by atoms with van der Waals surface area (Å²) in [4.78, 5) is 28.1. The van der Waals surface area contributed by atoms with Crippen molar-refractivity contribution in [2.45, 2.75) is 39.1 Å². The summed E-state index contributed by atoms with van der Waals surface area (Å²) in [5.74, 6) is -1.30. The second-order valence-corrected chi connectivity index (χ2v) is 4.66. The minimum absolute atomic E-state index is 0.166. The molecule has 116 valence electrons. The molecule has 0 aliphatic rings. The Balaban J connectivity index is 2.59. The third-order valence-corrected chi connectivity index (χ3v) is 2.48. The quantitative estimate of drug-likeness (QED) is 0.489. The van der Waals surface area contributed by atoms with Crippen LogP contribution in [-0.2, 0) is 25.8 Å². The summed E-state index contributed by atoms with van der Waals surface area (Å²) in [6, 6.07) is 9.23. The highest BCUT2D eigenvalue weighted by atomic mass is 16.7. The van der Waals surface area contributed by atoms with Crippen molar-refractivity contribution in [3.63, 3.8) is 0 Å². The summed E-state index contributed by atoms with van der Waals surface area (Å²) >= 11 is 0. The van der Waals surface area contributed by atoms with Crippen molar-refractivity contribution in [1.82, 2.24) is 11.0 Å². The first-order valence-corrected chi connectivity index (χ1v) is 6.57. The average molecular weight is 296 g/mol. The number of carbonyl (C=O) groups is 2. The molecule has 0 saturated heterocycles. The number of hydroxylamine groups is 2. The first-order valence-electron chi connectivity index (χ1n) is 6.57. The molecule has 0 bridgehead atoms. The molecule has 0 aliphatic carbocycles. The van der Waals surface area contributed by atoms with Crippen LogP contribution in [0.1, 0.15) is 25.8 Å². The third kappa shape index (κ3) is 6.84. The monoisotopic (exact) mass is 296 g/mol. The van der Waals surface area contributed by atoms with Crippen LogP contribution in [0, 0.1) is 0 Å². The van der Waals surface area contributed by atoms with Crippen LogP contribution in [0.3, 0.4) is 0 Å². The number of benzene rings is 1. The van der Waals surface area contributed by atoms with E-state index in [-0.39, 0.29) is 19.1 Å². The molecule has 1 unspecified atom stereocenters. The molecule has 0 fully saturated rings. The number of carbonyl (C=O) groups excluding carboxylic acids is 2. The summed E-state index contributed by atoms with van der Waals surface area (Å²) < 4.78 is 5.43. The van der Waals surface area contributed by atoms with Gasteiger partial charge >= 0.3 is 0 Å². The molecule has 0 spiro atoms. The zero-order valence-corrected chi connectivity index (χ0v) is 12.0. The number of hydrogen-bond acceptors (Lipinski definition) is 5. The zero-order chi connectivity index (χ0) is 15.7. The smallest absolute Gasteiger partial charge is 0.273 e. The summed E-state index contributed by atoms with van der Waals surface area (Å²) in [5.41, 5.74) is 4.56.